The van der Waals surface area contributed by atoms with Gasteiger partial charge in [-0.2, -0.15) is 0 Å². The van der Waals surface area contributed by atoms with Crippen molar-refractivity contribution in [2.45, 2.75) is 24.5 Å². The number of carbonyl (C=O) groups excluding carboxylic acids is 1. The van der Waals surface area contributed by atoms with Crippen LogP contribution < -0.4 is 5.32 Å². The van der Waals surface area contributed by atoms with E-state index in [0.717, 1.165) is 0 Å². The van der Waals surface area contributed by atoms with Crippen molar-refractivity contribution in [3.63, 3.8) is 0 Å². The molecule has 2 N–H and O–H groups in total. The third-order valence-corrected chi connectivity index (χ3v) is 5.27. The number of carboxylic acid groups (broad SMARTS) is 1. The minimum Gasteiger partial charge on any atom is -0.477 e. The van der Waals surface area contributed by atoms with Crippen molar-refractivity contribution >= 4 is 27.5 Å². The van der Waals surface area contributed by atoms with Crippen molar-refractivity contribution in [3.05, 3.63) is 23.9 Å². The van der Waals surface area contributed by atoms with Crippen LogP contribution in [0.1, 0.15) is 29.8 Å². The molecule has 1 aliphatic heterocycles. The summed E-state index contributed by atoms with van der Waals surface area (Å²) in [5, 5.41) is 10.1. The van der Waals surface area contributed by atoms with E-state index in [-0.39, 0.29) is 23.7 Å². The quantitative estimate of drug-likeness (QED) is 0.848. The summed E-state index contributed by atoms with van der Waals surface area (Å²) in [6.45, 7) is 0. The van der Waals surface area contributed by atoms with Crippen LogP contribution in [-0.4, -0.2) is 41.4 Å². The van der Waals surface area contributed by atoms with Gasteiger partial charge in [-0.1, -0.05) is 12.5 Å². The van der Waals surface area contributed by atoms with Gasteiger partial charge in [-0.3, -0.25) is 4.79 Å². The summed E-state index contributed by atoms with van der Waals surface area (Å²) >= 11 is 0. The number of aromatic carboxylic acids is 1. The minimum absolute atomic E-state index is 0.00762. The molecule has 0 aromatic carbocycles. The average Bonchev–Trinajstić information content (AvgIpc) is 2.38. The summed E-state index contributed by atoms with van der Waals surface area (Å²) in [6, 6.07) is 4.14. The predicted octanol–water partition coefficient (Wildman–Crippen LogP) is 0.686. The van der Waals surface area contributed by atoms with Gasteiger partial charge in [0, 0.05) is 0 Å². The lowest BCUT2D eigenvalue weighted by atomic mass is 10.2. The third kappa shape index (κ3) is 3.13. The Hall–Kier alpha value is -1.96. The number of amides is 1. The lowest BCUT2D eigenvalue weighted by Gasteiger charge is -2.21. The number of hydrogen-bond donors (Lipinski definition) is 2. The Kier molecular flexibility index (Phi) is 4.03. The van der Waals surface area contributed by atoms with Crippen LogP contribution >= 0.6 is 0 Å². The van der Waals surface area contributed by atoms with E-state index in [1.54, 1.807) is 0 Å². The molecule has 2 heterocycles. The maximum absolute atomic E-state index is 12.0. The molecule has 7 nitrogen and oxygen atoms in total. The van der Waals surface area contributed by atoms with Crippen molar-refractivity contribution in [1.82, 2.24) is 4.98 Å². The zero-order chi connectivity index (χ0) is 14.8. The fourth-order valence-corrected chi connectivity index (χ4v) is 3.88. The van der Waals surface area contributed by atoms with Gasteiger partial charge in [0.1, 0.15) is 11.1 Å². The molecule has 1 fully saturated rings. The Bertz CT molecular complexity index is 641. The second-order valence-corrected chi connectivity index (χ2v) is 6.86. The Morgan fingerprint density at radius 2 is 2.05 bits per heavy atom. The van der Waals surface area contributed by atoms with E-state index < -0.39 is 27.0 Å². The van der Waals surface area contributed by atoms with Crippen molar-refractivity contribution in [2.24, 2.45) is 0 Å². The Labute approximate surface area is 115 Å². The van der Waals surface area contributed by atoms with E-state index in [4.69, 9.17) is 5.11 Å². The van der Waals surface area contributed by atoms with Gasteiger partial charge in [-0.05, 0) is 25.0 Å². The summed E-state index contributed by atoms with van der Waals surface area (Å²) in [4.78, 5) is 26.5. The molecule has 20 heavy (non-hydrogen) atoms. The van der Waals surface area contributed by atoms with E-state index in [9.17, 15) is 18.0 Å². The van der Waals surface area contributed by atoms with Gasteiger partial charge < -0.3 is 10.4 Å². The van der Waals surface area contributed by atoms with Gasteiger partial charge in [0.15, 0.2) is 15.5 Å². The first-order valence-corrected chi connectivity index (χ1v) is 7.84. The van der Waals surface area contributed by atoms with E-state index in [0.29, 0.717) is 12.8 Å². The number of rotatable bonds is 3. The first-order valence-electron chi connectivity index (χ1n) is 6.13. The normalized spacial score (nSPS) is 21.1. The van der Waals surface area contributed by atoms with Gasteiger partial charge in [0.2, 0.25) is 5.91 Å². The summed E-state index contributed by atoms with van der Waals surface area (Å²) in [5.41, 5.74) is -0.214. The zero-order valence-corrected chi connectivity index (χ0v) is 11.4. The van der Waals surface area contributed by atoms with Crippen LogP contribution in [0.5, 0.6) is 0 Å². The van der Waals surface area contributed by atoms with Crippen LogP contribution in [-0.2, 0) is 14.6 Å². The maximum atomic E-state index is 12.0. The number of nitrogens with zero attached hydrogens (tertiary/aromatic N) is 1. The highest BCUT2D eigenvalue weighted by Crippen LogP contribution is 2.20. The molecule has 0 radical (unpaired) electrons. The lowest BCUT2D eigenvalue weighted by molar-refractivity contribution is -0.116. The van der Waals surface area contributed by atoms with E-state index in [1.165, 1.54) is 18.2 Å². The minimum atomic E-state index is -3.43. The molecule has 1 unspecified atom stereocenters. The molecule has 0 bridgehead atoms. The second-order valence-electron chi connectivity index (χ2n) is 4.55. The zero-order valence-electron chi connectivity index (χ0n) is 10.6. The third-order valence-electron chi connectivity index (χ3n) is 3.09. The van der Waals surface area contributed by atoms with Gasteiger partial charge >= 0.3 is 5.97 Å². The molecule has 1 aromatic rings. The van der Waals surface area contributed by atoms with Gasteiger partial charge in [-0.25, -0.2) is 18.2 Å². The van der Waals surface area contributed by atoms with Crippen molar-refractivity contribution in [3.8, 4) is 0 Å². The molecule has 1 saturated heterocycles. The Balaban J connectivity index is 2.15. The molecule has 0 aliphatic carbocycles. The molecule has 8 heteroatoms. The van der Waals surface area contributed by atoms with Gasteiger partial charge in [0.05, 0.1) is 5.75 Å². The topological polar surface area (TPSA) is 113 Å². The monoisotopic (exact) mass is 298 g/mol. The first kappa shape index (κ1) is 14.4. The molecule has 1 atom stereocenters. The van der Waals surface area contributed by atoms with Crippen molar-refractivity contribution in [2.75, 3.05) is 11.1 Å². The molecule has 0 saturated carbocycles. The number of hydrogen-bond acceptors (Lipinski definition) is 5. The van der Waals surface area contributed by atoms with Crippen molar-refractivity contribution < 1.29 is 23.1 Å². The summed E-state index contributed by atoms with van der Waals surface area (Å²) in [6.07, 6.45) is 1.53. The first-order chi connectivity index (χ1) is 9.40. The maximum Gasteiger partial charge on any atom is 0.354 e. The standard InChI is InChI=1S/C12H14N2O5S/c15-11(9-5-1-2-7-20(9,18)19)14-10-6-3-4-8(13-10)12(16)17/h3-4,6,9H,1-2,5,7H2,(H,16,17)(H,13,14,15). The number of anilines is 1. The fourth-order valence-electron chi connectivity index (χ4n) is 2.08. The predicted molar refractivity (Wildman–Crippen MR) is 71.3 cm³/mol. The smallest absolute Gasteiger partial charge is 0.354 e. The number of pyridine rings is 1. The molecule has 108 valence electrons. The second kappa shape index (κ2) is 5.58. The summed E-state index contributed by atoms with van der Waals surface area (Å²) < 4.78 is 23.6. The lowest BCUT2D eigenvalue weighted by Crippen LogP contribution is -2.39. The fraction of sp³-hybridized carbons (Fsp3) is 0.417. The van der Waals surface area contributed by atoms with Crippen LogP contribution in [0.25, 0.3) is 0 Å². The molecular weight excluding hydrogens is 284 g/mol. The molecule has 2 rings (SSSR count). The van der Waals surface area contributed by atoms with E-state index in [2.05, 4.69) is 10.3 Å². The van der Waals surface area contributed by atoms with Crippen LogP contribution in [0.4, 0.5) is 5.82 Å². The largest absolute Gasteiger partial charge is 0.477 e. The molecule has 1 aromatic heterocycles. The highest BCUT2D eigenvalue weighted by molar-refractivity contribution is 7.92. The number of aromatic nitrogens is 1. The van der Waals surface area contributed by atoms with Gasteiger partial charge in [-0.15, -0.1) is 0 Å². The highest BCUT2D eigenvalue weighted by Gasteiger charge is 2.34. The number of sulfone groups is 1. The Morgan fingerprint density at radius 1 is 1.30 bits per heavy atom. The van der Waals surface area contributed by atoms with Crippen LogP contribution in [0.2, 0.25) is 0 Å². The summed E-state index contributed by atoms with van der Waals surface area (Å²) in [5.74, 6) is -1.82. The van der Waals surface area contributed by atoms with Crippen LogP contribution in [0, 0.1) is 0 Å². The SMILES string of the molecule is O=C(O)c1cccc(NC(=O)C2CCCCS2(=O)=O)n1. The number of nitrogens with one attached hydrogen (secondary N) is 1. The van der Waals surface area contributed by atoms with Gasteiger partial charge in [0.25, 0.3) is 0 Å². The molecule has 1 amide bonds. The average molecular weight is 298 g/mol. The van der Waals surface area contributed by atoms with E-state index >= 15 is 0 Å². The van der Waals surface area contributed by atoms with Crippen molar-refractivity contribution in [1.29, 1.82) is 0 Å². The Morgan fingerprint density at radius 3 is 2.70 bits per heavy atom. The van der Waals surface area contributed by atoms with E-state index in [1.807, 2.05) is 0 Å². The number of carboxylic acids is 1. The van der Waals surface area contributed by atoms with Crippen LogP contribution in [0.3, 0.4) is 0 Å². The highest BCUT2D eigenvalue weighted by atomic mass is 32.2. The summed E-state index contributed by atoms with van der Waals surface area (Å²) in [7, 11) is -3.43. The number of carbonyl (C=O) groups is 2. The molecule has 1 aliphatic rings. The van der Waals surface area contributed by atoms with Crippen LogP contribution in [0.15, 0.2) is 18.2 Å². The molecule has 0 spiro atoms. The molecular formula is C12H14N2O5S.